The number of rotatable bonds is 3. The van der Waals surface area contributed by atoms with E-state index in [9.17, 15) is 8.42 Å². The molecule has 0 aliphatic carbocycles. The highest BCUT2D eigenvalue weighted by Gasteiger charge is 2.48. The van der Waals surface area contributed by atoms with Crippen molar-refractivity contribution in [2.45, 2.75) is 32.3 Å². The molecule has 0 aromatic carbocycles. The number of nitrogens with zero attached hydrogens (tertiary/aromatic N) is 4. The Hall–Kier alpha value is -1.25. The highest BCUT2D eigenvalue weighted by atomic mass is 32.2. The predicted molar refractivity (Wildman–Crippen MR) is 88.1 cm³/mol. The van der Waals surface area contributed by atoms with Crippen LogP contribution in [0.5, 0.6) is 0 Å². The summed E-state index contributed by atoms with van der Waals surface area (Å²) in [5, 5.41) is 0. The van der Waals surface area contributed by atoms with E-state index in [-0.39, 0.29) is 11.2 Å². The van der Waals surface area contributed by atoms with Gasteiger partial charge in [0.15, 0.2) is 0 Å². The zero-order valence-corrected chi connectivity index (χ0v) is 15.0. The fraction of sp³-hybridized carbons (Fsp3) is 0.733. The van der Waals surface area contributed by atoms with E-state index in [2.05, 4.69) is 4.98 Å². The molecule has 128 valence electrons. The third-order valence-corrected chi connectivity index (χ3v) is 6.63. The smallest absolute Gasteiger partial charge is 0.225 e. The van der Waals surface area contributed by atoms with Crippen LogP contribution < -0.4 is 4.90 Å². The summed E-state index contributed by atoms with van der Waals surface area (Å²) in [5.74, 6) is 0.794. The highest BCUT2D eigenvalue weighted by molar-refractivity contribution is 7.89. The van der Waals surface area contributed by atoms with Crippen molar-refractivity contribution in [1.29, 1.82) is 0 Å². The Morgan fingerprint density at radius 2 is 2.09 bits per heavy atom. The van der Waals surface area contributed by atoms with E-state index < -0.39 is 10.0 Å². The number of aryl methyl sites for hydroxylation is 1. The summed E-state index contributed by atoms with van der Waals surface area (Å²) >= 11 is 0. The van der Waals surface area contributed by atoms with Gasteiger partial charge in [0.25, 0.3) is 0 Å². The van der Waals surface area contributed by atoms with Crippen molar-refractivity contribution in [3.8, 4) is 0 Å². The first kappa shape index (κ1) is 16.6. The maximum absolute atomic E-state index is 12.2. The summed E-state index contributed by atoms with van der Waals surface area (Å²) < 4.78 is 31.8. The van der Waals surface area contributed by atoms with Gasteiger partial charge in [-0.3, -0.25) is 0 Å². The number of ether oxygens (including phenoxy) is 1. The quantitative estimate of drug-likeness (QED) is 0.805. The second-order valence-corrected chi connectivity index (χ2v) is 8.85. The molecule has 2 aliphatic heterocycles. The molecule has 0 amide bonds. The summed E-state index contributed by atoms with van der Waals surface area (Å²) in [7, 11) is 0.636. The molecule has 1 saturated heterocycles. The Morgan fingerprint density at radius 3 is 2.74 bits per heavy atom. The number of fused-ring (bicyclic) bond motifs is 2. The molecule has 7 nitrogen and oxygen atoms in total. The van der Waals surface area contributed by atoms with Crippen LogP contribution in [0.3, 0.4) is 0 Å². The summed E-state index contributed by atoms with van der Waals surface area (Å²) in [5.41, 5.74) is 2.54. The third kappa shape index (κ3) is 2.72. The lowest BCUT2D eigenvalue weighted by atomic mass is 9.80. The van der Waals surface area contributed by atoms with Gasteiger partial charge in [0.1, 0.15) is 0 Å². The van der Waals surface area contributed by atoms with Crippen LogP contribution in [0.4, 0.5) is 5.95 Å². The summed E-state index contributed by atoms with van der Waals surface area (Å²) in [6.45, 7) is 5.63. The van der Waals surface area contributed by atoms with E-state index in [0.717, 1.165) is 23.4 Å². The van der Waals surface area contributed by atoms with Gasteiger partial charge in [0, 0.05) is 38.4 Å². The largest absolute Gasteiger partial charge is 0.376 e. The molecule has 0 bridgehead atoms. The van der Waals surface area contributed by atoms with Crippen molar-refractivity contribution in [2.24, 2.45) is 0 Å². The minimum Gasteiger partial charge on any atom is -0.376 e. The van der Waals surface area contributed by atoms with Gasteiger partial charge >= 0.3 is 0 Å². The highest BCUT2D eigenvalue weighted by Crippen LogP contribution is 2.41. The van der Waals surface area contributed by atoms with E-state index in [1.807, 2.05) is 25.9 Å². The molecular weight excluding hydrogens is 316 g/mol. The average molecular weight is 340 g/mol. The number of sulfonamides is 1. The van der Waals surface area contributed by atoms with Crippen LogP contribution in [0.2, 0.25) is 0 Å². The molecule has 1 aromatic heterocycles. The normalized spacial score (nSPS) is 24.9. The van der Waals surface area contributed by atoms with E-state index >= 15 is 0 Å². The Morgan fingerprint density at radius 1 is 1.35 bits per heavy atom. The number of hydrogen-bond acceptors (Lipinski definition) is 6. The molecule has 23 heavy (non-hydrogen) atoms. The van der Waals surface area contributed by atoms with Gasteiger partial charge in [-0.2, -0.15) is 0 Å². The molecule has 0 N–H and O–H groups in total. The number of aromatic nitrogens is 2. The topological polar surface area (TPSA) is 75.6 Å². The molecule has 1 fully saturated rings. The predicted octanol–water partition coefficient (Wildman–Crippen LogP) is 0.674. The summed E-state index contributed by atoms with van der Waals surface area (Å²) in [6, 6.07) is 0. The molecule has 1 atom stereocenters. The van der Waals surface area contributed by atoms with Gasteiger partial charge in [-0.1, -0.05) is 0 Å². The monoisotopic (exact) mass is 340 g/mol. The van der Waals surface area contributed by atoms with Crippen molar-refractivity contribution in [1.82, 2.24) is 14.3 Å². The van der Waals surface area contributed by atoms with Crippen LogP contribution in [0.15, 0.2) is 0 Å². The van der Waals surface area contributed by atoms with E-state index in [0.29, 0.717) is 32.3 Å². The minimum atomic E-state index is -3.19. The molecule has 1 aromatic rings. The van der Waals surface area contributed by atoms with Crippen LogP contribution in [0.25, 0.3) is 0 Å². The Labute approximate surface area is 137 Å². The second-order valence-electron chi connectivity index (χ2n) is 6.59. The average Bonchev–Trinajstić information content (AvgIpc) is 2.94. The summed E-state index contributed by atoms with van der Waals surface area (Å²) in [4.78, 5) is 11.2. The zero-order valence-electron chi connectivity index (χ0n) is 14.2. The third-order valence-electron chi connectivity index (χ3n) is 4.81. The van der Waals surface area contributed by atoms with Crippen LogP contribution in [-0.2, 0) is 26.8 Å². The van der Waals surface area contributed by atoms with E-state index in [4.69, 9.17) is 9.72 Å². The summed E-state index contributed by atoms with van der Waals surface area (Å²) in [6.07, 6.45) is 0.739. The molecule has 2 aliphatic rings. The van der Waals surface area contributed by atoms with Crippen LogP contribution in [0, 0.1) is 6.92 Å². The van der Waals surface area contributed by atoms with Gasteiger partial charge < -0.3 is 9.64 Å². The SMILES string of the molecule is CCS(=O)(=O)N1CC[C@]2(COCc3c(C)nc(N(C)C)nc32)C1. The fourth-order valence-corrected chi connectivity index (χ4v) is 4.55. The van der Waals surface area contributed by atoms with Crippen molar-refractivity contribution in [2.75, 3.05) is 44.4 Å². The van der Waals surface area contributed by atoms with Gasteiger partial charge in [-0.15, -0.1) is 0 Å². The van der Waals surface area contributed by atoms with Gasteiger partial charge in [-0.25, -0.2) is 22.7 Å². The Kier molecular flexibility index (Phi) is 4.10. The van der Waals surface area contributed by atoms with Crippen molar-refractivity contribution < 1.29 is 13.2 Å². The first-order valence-corrected chi connectivity index (χ1v) is 9.51. The number of anilines is 1. The lowest BCUT2D eigenvalue weighted by Crippen LogP contribution is -2.42. The first-order valence-electron chi connectivity index (χ1n) is 7.90. The van der Waals surface area contributed by atoms with E-state index in [1.165, 1.54) is 0 Å². The fourth-order valence-electron chi connectivity index (χ4n) is 3.38. The second kappa shape index (κ2) is 5.68. The van der Waals surface area contributed by atoms with Crippen molar-refractivity contribution >= 4 is 16.0 Å². The van der Waals surface area contributed by atoms with Crippen LogP contribution >= 0.6 is 0 Å². The Bertz CT molecular complexity index is 720. The zero-order chi connectivity index (χ0) is 16.8. The molecule has 1 spiro atoms. The Balaban J connectivity index is 2.05. The van der Waals surface area contributed by atoms with Gasteiger partial charge in [0.2, 0.25) is 16.0 Å². The molecule has 0 radical (unpaired) electrons. The lowest BCUT2D eigenvalue weighted by Gasteiger charge is -2.35. The molecule has 3 rings (SSSR count). The maximum atomic E-state index is 12.2. The molecule has 8 heteroatoms. The van der Waals surface area contributed by atoms with E-state index in [1.54, 1.807) is 11.2 Å². The first-order chi connectivity index (χ1) is 10.8. The molecule has 0 unspecified atom stereocenters. The van der Waals surface area contributed by atoms with Gasteiger partial charge in [0.05, 0.1) is 30.1 Å². The molecular formula is C15H24N4O3S. The van der Waals surface area contributed by atoms with Crippen LogP contribution in [-0.4, -0.2) is 62.2 Å². The van der Waals surface area contributed by atoms with Crippen LogP contribution in [0.1, 0.15) is 30.3 Å². The molecule has 3 heterocycles. The van der Waals surface area contributed by atoms with Crippen molar-refractivity contribution in [3.63, 3.8) is 0 Å². The maximum Gasteiger partial charge on any atom is 0.225 e. The molecule has 0 saturated carbocycles. The lowest BCUT2D eigenvalue weighted by molar-refractivity contribution is 0.0526. The van der Waals surface area contributed by atoms with Crippen molar-refractivity contribution in [3.05, 3.63) is 17.0 Å². The number of hydrogen-bond donors (Lipinski definition) is 0. The van der Waals surface area contributed by atoms with Gasteiger partial charge in [-0.05, 0) is 20.3 Å². The standard InChI is InChI=1S/C15H24N4O3S/c1-5-23(20,21)19-7-6-15(9-19)10-22-8-12-11(2)16-14(18(3)4)17-13(12)15/h5-10H2,1-4H3/t15-/m1/s1. The minimum absolute atomic E-state index is 0.128.